The van der Waals surface area contributed by atoms with Crippen LogP contribution in [0.25, 0.3) is 0 Å². The molecule has 0 fully saturated rings. The van der Waals surface area contributed by atoms with Crippen molar-refractivity contribution >= 4 is 23.2 Å². The summed E-state index contributed by atoms with van der Waals surface area (Å²) in [7, 11) is 0. The summed E-state index contributed by atoms with van der Waals surface area (Å²) in [5.74, 6) is 0.138. The monoisotopic (exact) mass is 753 g/mol. The number of anilines is 2. The van der Waals surface area contributed by atoms with Gasteiger partial charge in [-0.1, -0.05) is 251 Å². The molecule has 0 aliphatic rings. The van der Waals surface area contributed by atoms with Crippen molar-refractivity contribution in [3.05, 3.63) is 24.3 Å². The predicted octanol–water partition coefficient (Wildman–Crippen LogP) is 17.2. The third-order valence-electron chi connectivity index (χ3n) is 11.4. The molecule has 0 heterocycles. The van der Waals surface area contributed by atoms with Gasteiger partial charge in [0.1, 0.15) is 0 Å². The summed E-state index contributed by atoms with van der Waals surface area (Å²) in [5.41, 5.74) is 1.53. The molecule has 54 heavy (non-hydrogen) atoms. The van der Waals surface area contributed by atoms with Gasteiger partial charge in [-0.15, -0.1) is 0 Å². The lowest BCUT2D eigenvalue weighted by Gasteiger charge is -2.09. The highest BCUT2D eigenvalue weighted by Crippen LogP contribution is 2.19. The van der Waals surface area contributed by atoms with Gasteiger partial charge in [0.2, 0.25) is 11.8 Å². The Morgan fingerprint density at radius 3 is 0.759 bits per heavy atom. The molecule has 0 saturated heterocycles. The molecule has 0 saturated carbocycles. The van der Waals surface area contributed by atoms with Gasteiger partial charge in [0, 0.05) is 24.2 Å². The normalized spacial score (nSPS) is 11.3. The highest BCUT2D eigenvalue weighted by atomic mass is 16.2. The summed E-state index contributed by atoms with van der Waals surface area (Å²) in [6.45, 7) is 4.58. The Balaban J connectivity index is 1.90. The summed E-state index contributed by atoms with van der Waals surface area (Å²) in [5, 5.41) is 6.06. The minimum Gasteiger partial charge on any atom is -0.326 e. The van der Waals surface area contributed by atoms with Gasteiger partial charge in [-0.25, -0.2) is 0 Å². The van der Waals surface area contributed by atoms with Crippen LogP contribution in [-0.2, 0) is 9.59 Å². The first-order valence-electron chi connectivity index (χ1n) is 24.4. The molecular formula is C50H92N2O2. The van der Waals surface area contributed by atoms with E-state index in [0.29, 0.717) is 12.8 Å². The van der Waals surface area contributed by atoms with Crippen LogP contribution in [0.15, 0.2) is 24.3 Å². The lowest BCUT2D eigenvalue weighted by Crippen LogP contribution is -2.13. The highest BCUT2D eigenvalue weighted by Gasteiger charge is 2.06. The molecule has 4 nitrogen and oxygen atoms in total. The van der Waals surface area contributed by atoms with E-state index in [1.54, 1.807) is 0 Å². The van der Waals surface area contributed by atoms with Crippen molar-refractivity contribution in [1.82, 2.24) is 0 Å². The van der Waals surface area contributed by atoms with E-state index in [2.05, 4.69) is 24.5 Å². The lowest BCUT2D eigenvalue weighted by atomic mass is 10.0. The first kappa shape index (κ1) is 50.2. The number of carbonyl (C=O) groups excluding carboxylic acids is 2. The van der Waals surface area contributed by atoms with Gasteiger partial charge in [0.25, 0.3) is 0 Å². The number of nitrogens with one attached hydrogen (secondary N) is 2. The molecule has 0 bridgehead atoms. The molecule has 0 spiro atoms. The number of rotatable bonds is 42. The van der Waals surface area contributed by atoms with Crippen LogP contribution < -0.4 is 10.6 Å². The van der Waals surface area contributed by atoms with Gasteiger partial charge in [-0.2, -0.15) is 0 Å². The van der Waals surface area contributed by atoms with Crippen molar-refractivity contribution < 1.29 is 9.59 Å². The van der Waals surface area contributed by atoms with Crippen molar-refractivity contribution in [2.45, 2.75) is 271 Å². The van der Waals surface area contributed by atoms with E-state index in [4.69, 9.17) is 0 Å². The summed E-state index contributed by atoms with van der Waals surface area (Å²) >= 11 is 0. The zero-order valence-electron chi connectivity index (χ0n) is 36.4. The molecule has 0 unspecified atom stereocenters. The summed E-state index contributed by atoms with van der Waals surface area (Å²) < 4.78 is 0. The molecule has 2 amide bonds. The molecule has 0 aliphatic heterocycles. The van der Waals surface area contributed by atoms with Crippen LogP contribution in [0.2, 0.25) is 0 Å². The second-order valence-corrected chi connectivity index (χ2v) is 16.9. The fourth-order valence-electron chi connectivity index (χ4n) is 7.85. The number of hydrogen-bond acceptors (Lipinski definition) is 2. The Morgan fingerprint density at radius 1 is 0.333 bits per heavy atom. The van der Waals surface area contributed by atoms with Crippen molar-refractivity contribution in [2.24, 2.45) is 0 Å². The van der Waals surface area contributed by atoms with Crippen molar-refractivity contribution in [3.8, 4) is 0 Å². The van der Waals surface area contributed by atoms with Gasteiger partial charge in [-0.05, 0) is 31.0 Å². The first-order chi connectivity index (χ1) is 26.7. The zero-order valence-corrected chi connectivity index (χ0v) is 36.4. The second kappa shape index (κ2) is 40.8. The molecule has 314 valence electrons. The number of amides is 2. The van der Waals surface area contributed by atoms with Gasteiger partial charge in [0.15, 0.2) is 0 Å². The number of unbranched alkanes of at least 4 members (excludes halogenated alkanes) is 36. The van der Waals surface area contributed by atoms with E-state index in [9.17, 15) is 9.59 Å². The van der Waals surface area contributed by atoms with Crippen LogP contribution >= 0.6 is 0 Å². The standard InChI is InChI=1S/C50H92N2O2/c1-3-5-7-9-11-13-15-17-19-21-23-25-27-29-31-33-35-37-39-44-49(53)51-47-42-41-43-48(46-47)52-50(54)45-40-38-36-34-32-30-28-26-24-22-20-18-16-14-12-10-8-6-4-2/h41-43,46H,3-40,44-45H2,1-2H3,(H,51,53)(H,52,54). The molecule has 0 radical (unpaired) electrons. The summed E-state index contributed by atoms with van der Waals surface area (Å²) in [4.78, 5) is 25.1. The lowest BCUT2D eigenvalue weighted by molar-refractivity contribution is -0.117. The SMILES string of the molecule is CCCCCCCCCCCCCCCCCCCCCC(=O)Nc1cccc(NC(=O)CCCCCCCCCCCCCCCCCCCCC)c1. The van der Waals surface area contributed by atoms with Crippen molar-refractivity contribution in [2.75, 3.05) is 10.6 Å². The Bertz CT molecular complexity index is 875. The van der Waals surface area contributed by atoms with E-state index in [-0.39, 0.29) is 11.8 Å². The largest absolute Gasteiger partial charge is 0.326 e. The maximum atomic E-state index is 12.5. The number of carbonyl (C=O) groups is 2. The molecule has 0 atom stereocenters. The molecule has 0 aliphatic carbocycles. The van der Waals surface area contributed by atoms with Gasteiger partial charge in [0.05, 0.1) is 0 Å². The van der Waals surface area contributed by atoms with E-state index < -0.39 is 0 Å². The summed E-state index contributed by atoms with van der Waals surface area (Å²) in [6, 6.07) is 7.59. The van der Waals surface area contributed by atoms with E-state index >= 15 is 0 Å². The van der Waals surface area contributed by atoms with Crippen LogP contribution in [-0.4, -0.2) is 11.8 Å². The summed E-state index contributed by atoms with van der Waals surface area (Å²) in [6.07, 6.45) is 52.7. The Kier molecular flexibility index (Phi) is 37.9. The van der Waals surface area contributed by atoms with E-state index in [1.165, 1.54) is 218 Å². The van der Waals surface area contributed by atoms with Crippen LogP contribution in [0.5, 0.6) is 0 Å². The molecule has 1 aromatic carbocycles. The average Bonchev–Trinajstić information content (AvgIpc) is 3.16. The van der Waals surface area contributed by atoms with E-state index in [1.807, 2.05) is 24.3 Å². The molecule has 2 N–H and O–H groups in total. The average molecular weight is 753 g/mol. The Morgan fingerprint density at radius 2 is 0.537 bits per heavy atom. The minimum absolute atomic E-state index is 0.0690. The topological polar surface area (TPSA) is 58.2 Å². The Labute approximate surface area is 337 Å². The fourth-order valence-corrected chi connectivity index (χ4v) is 7.85. The predicted molar refractivity (Wildman–Crippen MR) is 240 cm³/mol. The third kappa shape index (κ3) is 35.8. The van der Waals surface area contributed by atoms with Crippen molar-refractivity contribution in [3.63, 3.8) is 0 Å². The smallest absolute Gasteiger partial charge is 0.224 e. The van der Waals surface area contributed by atoms with Crippen molar-refractivity contribution in [1.29, 1.82) is 0 Å². The van der Waals surface area contributed by atoms with Gasteiger partial charge >= 0.3 is 0 Å². The third-order valence-corrected chi connectivity index (χ3v) is 11.4. The second-order valence-electron chi connectivity index (χ2n) is 16.9. The van der Waals surface area contributed by atoms with E-state index in [0.717, 1.165) is 37.1 Å². The highest BCUT2D eigenvalue weighted by molar-refractivity contribution is 5.94. The number of hydrogen-bond donors (Lipinski definition) is 2. The van der Waals surface area contributed by atoms with Gasteiger partial charge < -0.3 is 10.6 Å². The molecule has 1 rings (SSSR count). The maximum absolute atomic E-state index is 12.5. The maximum Gasteiger partial charge on any atom is 0.224 e. The Hall–Kier alpha value is -1.84. The molecule has 1 aromatic rings. The molecule has 0 aromatic heterocycles. The minimum atomic E-state index is 0.0690. The van der Waals surface area contributed by atoms with Crippen LogP contribution in [0.1, 0.15) is 271 Å². The first-order valence-corrected chi connectivity index (χ1v) is 24.4. The molecule has 4 heteroatoms. The van der Waals surface area contributed by atoms with Crippen LogP contribution in [0.4, 0.5) is 11.4 Å². The van der Waals surface area contributed by atoms with Gasteiger partial charge in [-0.3, -0.25) is 9.59 Å². The zero-order chi connectivity index (χ0) is 38.8. The number of benzene rings is 1. The van der Waals surface area contributed by atoms with Crippen LogP contribution in [0, 0.1) is 0 Å². The fraction of sp³-hybridized carbons (Fsp3) is 0.840. The van der Waals surface area contributed by atoms with Crippen LogP contribution in [0.3, 0.4) is 0 Å². The molecular weight excluding hydrogens is 661 g/mol. The quantitative estimate of drug-likeness (QED) is 0.0653.